The zero-order valence-corrected chi connectivity index (χ0v) is 9.44. The molecular weight excluding hydrogens is 217 g/mol. The summed E-state index contributed by atoms with van der Waals surface area (Å²) in [6, 6.07) is 1.25. The second-order valence-corrected chi connectivity index (χ2v) is 3.46. The lowest BCUT2D eigenvalue weighted by Crippen LogP contribution is -1.97. The van der Waals surface area contributed by atoms with Crippen molar-refractivity contribution in [1.29, 1.82) is 0 Å². The molecule has 2 nitrogen and oxygen atoms in total. The van der Waals surface area contributed by atoms with Gasteiger partial charge in [-0.05, 0) is 18.6 Å². The third-order valence-corrected chi connectivity index (χ3v) is 2.38. The first kappa shape index (κ1) is 12.0. The van der Waals surface area contributed by atoms with E-state index in [-0.39, 0.29) is 10.8 Å². The van der Waals surface area contributed by atoms with Crippen molar-refractivity contribution in [3.8, 4) is 5.75 Å². The summed E-state index contributed by atoms with van der Waals surface area (Å²) in [6.45, 7) is 2.06. The van der Waals surface area contributed by atoms with Crippen molar-refractivity contribution in [3.05, 3.63) is 34.1 Å². The van der Waals surface area contributed by atoms with Crippen LogP contribution in [-0.2, 0) is 0 Å². The quantitative estimate of drug-likeness (QED) is 0.865. The van der Waals surface area contributed by atoms with Crippen LogP contribution in [0.4, 0.5) is 4.39 Å². The maximum atomic E-state index is 13.4. The SMILES string of the molecule is COc1c(Cl)cc(F)c(C)c1/C=C/CN. The summed E-state index contributed by atoms with van der Waals surface area (Å²) in [6.07, 6.45) is 3.43. The molecule has 0 aliphatic carbocycles. The summed E-state index contributed by atoms with van der Waals surface area (Å²) in [5.74, 6) is 0.123. The lowest BCUT2D eigenvalue weighted by molar-refractivity contribution is 0.412. The highest BCUT2D eigenvalue weighted by Gasteiger charge is 2.12. The molecule has 1 rings (SSSR count). The Bertz CT molecular complexity index is 391. The van der Waals surface area contributed by atoms with Gasteiger partial charge in [0.25, 0.3) is 0 Å². The van der Waals surface area contributed by atoms with Crippen LogP contribution < -0.4 is 10.5 Å². The molecule has 1 aromatic carbocycles. The van der Waals surface area contributed by atoms with E-state index in [1.165, 1.54) is 13.2 Å². The van der Waals surface area contributed by atoms with Gasteiger partial charge in [-0.3, -0.25) is 0 Å². The van der Waals surface area contributed by atoms with E-state index in [2.05, 4.69) is 0 Å². The molecule has 0 fully saturated rings. The van der Waals surface area contributed by atoms with Gasteiger partial charge in [-0.2, -0.15) is 0 Å². The second kappa shape index (κ2) is 5.14. The van der Waals surface area contributed by atoms with Crippen molar-refractivity contribution in [3.63, 3.8) is 0 Å². The number of ether oxygens (including phenoxy) is 1. The first-order valence-electron chi connectivity index (χ1n) is 4.51. The molecule has 0 saturated carbocycles. The topological polar surface area (TPSA) is 35.2 Å². The van der Waals surface area contributed by atoms with Crippen molar-refractivity contribution < 1.29 is 9.13 Å². The van der Waals surface area contributed by atoms with Crippen molar-refractivity contribution in [2.75, 3.05) is 13.7 Å². The van der Waals surface area contributed by atoms with Crippen LogP contribution in [0.15, 0.2) is 12.1 Å². The lowest BCUT2D eigenvalue weighted by atomic mass is 10.1. The van der Waals surface area contributed by atoms with Gasteiger partial charge in [-0.25, -0.2) is 4.39 Å². The molecule has 0 aliphatic heterocycles. The zero-order chi connectivity index (χ0) is 11.4. The van der Waals surface area contributed by atoms with Crippen LogP contribution in [0.1, 0.15) is 11.1 Å². The fourth-order valence-electron chi connectivity index (χ4n) is 1.31. The van der Waals surface area contributed by atoms with Crippen molar-refractivity contribution in [2.24, 2.45) is 5.73 Å². The van der Waals surface area contributed by atoms with E-state index in [9.17, 15) is 4.39 Å². The second-order valence-electron chi connectivity index (χ2n) is 3.05. The number of rotatable bonds is 3. The van der Waals surface area contributed by atoms with Gasteiger partial charge < -0.3 is 10.5 Å². The van der Waals surface area contributed by atoms with Crippen LogP contribution in [0, 0.1) is 12.7 Å². The summed E-state index contributed by atoms with van der Waals surface area (Å²) in [4.78, 5) is 0. The molecule has 0 amide bonds. The fourth-order valence-corrected chi connectivity index (χ4v) is 1.58. The molecule has 0 unspecified atom stereocenters. The predicted molar refractivity (Wildman–Crippen MR) is 60.8 cm³/mol. The largest absolute Gasteiger partial charge is 0.495 e. The van der Waals surface area contributed by atoms with Gasteiger partial charge in [-0.15, -0.1) is 0 Å². The Morgan fingerprint density at radius 2 is 2.27 bits per heavy atom. The summed E-state index contributed by atoms with van der Waals surface area (Å²) < 4.78 is 18.5. The summed E-state index contributed by atoms with van der Waals surface area (Å²) >= 11 is 5.86. The Morgan fingerprint density at radius 3 is 2.80 bits per heavy atom. The minimum Gasteiger partial charge on any atom is -0.495 e. The highest BCUT2D eigenvalue weighted by molar-refractivity contribution is 6.32. The van der Waals surface area contributed by atoms with E-state index in [4.69, 9.17) is 22.1 Å². The molecule has 0 aliphatic rings. The number of hydrogen-bond donors (Lipinski definition) is 1. The molecule has 82 valence electrons. The molecule has 2 N–H and O–H groups in total. The van der Waals surface area contributed by atoms with E-state index in [0.29, 0.717) is 23.4 Å². The third kappa shape index (κ3) is 2.49. The maximum absolute atomic E-state index is 13.4. The monoisotopic (exact) mass is 229 g/mol. The standard InChI is InChI=1S/C11H13ClFNO/c1-7-8(4-3-5-14)11(15-2)9(12)6-10(7)13/h3-4,6H,5,14H2,1-2H3/b4-3+. The molecule has 0 aromatic heterocycles. The van der Waals surface area contributed by atoms with Gasteiger partial charge in [0.05, 0.1) is 12.1 Å². The normalized spacial score (nSPS) is 11.0. The fraction of sp³-hybridized carbons (Fsp3) is 0.273. The van der Waals surface area contributed by atoms with Crippen LogP contribution in [0.3, 0.4) is 0 Å². The van der Waals surface area contributed by atoms with Gasteiger partial charge in [0.2, 0.25) is 0 Å². The highest BCUT2D eigenvalue weighted by Crippen LogP contribution is 2.33. The Hall–Kier alpha value is -1.06. The minimum absolute atomic E-state index is 0.261. The van der Waals surface area contributed by atoms with Crippen LogP contribution in [-0.4, -0.2) is 13.7 Å². The Morgan fingerprint density at radius 1 is 1.60 bits per heavy atom. The molecular formula is C11H13ClFNO. The smallest absolute Gasteiger partial charge is 0.145 e. The predicted octanol–water partition coefficient (Wildman–Crippen LogP) is 2.77. The highest BCUT2D eigenvalue weighted by atomic mass is 35.5. The minimum atomic E-state index is -0.350. The molecule has 0 saturated heterocycles. The summed E-state index contributed by atoms with van der Waals surface area (Å²) in [5, 5.41) is 0.261. The van der Waals surface area contributed by atoms with Crippen molar-refractivity contribution in [2.45, 2.75) is 6.92 Å². The first-order chi connectivity index (χ1) is 7.11. The molecule has 15 heavy (non-hydrogen) atoms. The van der Waals surface area contributed by atoms with E-state index in [1.54, 1.807) is 19.1 Å². The molecule has 1 aromatic rings. The van der Waals surface area contributed by atoms with Crippen LogP contribution in [0.2, 0.25) is 5.02 Å². The van der Waals surface area contributed by atoms with Crippen molar-refractivity contribution in [1.82, 2.24) is 0 Å². The van der Waals surface area contributed by atoms with Crippen LogP contribution in [0.25, 0.3) is 6.08 Å². The van der Waals surface area contributed by atoms with E-state index >= 15 is 0 Å². The molecule has 4 heteroatoms. The Labute approximate surface area is 93.5 Å². The number of benzene rings is 1. The Kier molecular flexibility index (Phi) is 4.12. The zero-order valence-electron chi connectivity index (χ0n) is 8.68. The van der Waals surface area contributed by atoms with Crippen LogP contribution in [0.5, 0.6) is 5.75 Å². The Balaban J connectivity index is 3.36. The summed E-state index contributed by atoms with van der Waals surface area (Å²) in [5.41, 5.74) is 6.47. The molecule has 0 radical (unpaired) electrons. The van der Waals surface area contributed by atoms with Gasteiger partial charge >= 0.3 is 0 Å². The van der Waals surface area contributed by atoms with E-state index in [0.717, 1.165) is 0 Å². The van der Waals surface area contributed by atoms with Gasteiger partial charge in [0.15, 0.2) is 0 Å². The average molecular weight is 230 g/mol. The molecule has 0 atom stereocenters. The number of methoxy groups -OCH3 is 1. The van der Waals surface area contributed by atoms with Gasteiger partial charge in [0.1, 0.15) is 11.6 Å². The number of halogens is 2. The number of hydrogen-bond acceptors (Lipinski definition) is 2. The van der Waals surface area contributed by atoms with Crippen molar-refractivity contribution >= 4 is 17.7 Å². The van der Waals surface area contributed by atoms with Gasteiger partial charge in [-0.1, -0.05) is 23.8 Å². The average Bonchev–Trinajstić information content (AvgIpc) is 2.21. The molecule has 0 spiro atoms. The van der Waals surface area contributed by atoms with Gasteiger partial charge in [0, 0.05) is 12.1 Å². The number of nitrogens with two attached hydrogens (primary N) is 1. The molecule has 0 heterocycles. The van der Waals surface area contributed by atoms with E-state index in [1.807, 2.05) is 0 Å². The maximum Gasteiger partial charge on any atom is 0.145 e. The lowest BCUT2D eigenvalue weighted by Gasteiger charge is -2.11. The summed E-state index contributed by atoms with van der Waals surface area (Å²) in [7, 11) is 1.50. The third-order valence-electron chi connectivity index (χ3n) is 2.10. The van der Waals surface area contributed by atoms with Crippen LogP contribution >= 0.6 is 11.6 Å². The molecule has 0 bridgehead atoms. The van der Waals surface area contributed by atoms with E-state index < -0.39 is 0 Å². The first-order valence-corrected chi connectivity index (χ1v) is 4.88.